The van der Waals surface area contributed by atoms with Gasteiger partial charge in [0.1, 0.15) is 18.4 Å². The van der Waals surface area contributed by atoms with Gasteiger partial charge in [-0.1, -0.05) is 53.7 Å². The summed E-state index contributed by atoms with van der Waals surface area (Å²) in [6.45, 7) is 1.01. The van der Waals surface area contributed by atoms with Crippen LogP contribution in [0.2, 0.25) is 0 Å². The molecule has 5 rings (SSSR count). The van der Waals surface area contributed by atoms with Crippen LogP contribution in [-0.4, -0.2) is 32.8 Å². The first-order chi connectivity index (χ1) is 15.2. The maximum absolute atomic E-state index is 11.4. The number of hydrogen-bond acceptors (Lipinski definition) is 5. The van der Waals surface area contributed by atoms with Crippen molar-refractivity contribution in [1.29, 1.82) is 0 Å². The molecule has 0 saturated carbocycles. The highest BCUT2D eigenvalue weighted by atomic mass is 16.5. The molecule has 1 atom stereocenters. The van der Waals surface area contributed by atoms with E-state index < -0.39 is 6.09 Å². The topological polar surface area (TPSA) is 88.7 Å². The summed E-state index contributed by atoms with van der Waals surface area (Å²) in [7, 11) is 0. The van der Waals surface area contributed by atoms with Crippen molar-refractivity contribution < 1.29 is 19.2 Å². The quantitative estimate of drug-likeness (QED) is 0.477. The molecular formula is C24H21N3O4. The molecule has 0 aliphatic carbocycles. The van der Waals surface area contributed by atoms with Gasteiger partial charge in [-0.25, -0.2) is 4.79 Å². The standard InChI is InChI=1S/C24H21N3O4/c28-24(29)27-12-4-7-21(27)23-25-22(26-31-23)19-9-8-18-14-20(11-10-17(18)13-19)30-15-16-5-2-1-3-6-16/h1-3,5-6,8-11,13-14,21H,4,7,12,15H2,(H,28,29)/t21-/m0/s1. The zero-order chi connectivity index (χ0) is 21.2. The summed E-state index contributed by atoms with van der Waals surface area (Å²) >= 11 is 0. The second-order valence-electron chi connectivity index (χ2n) is 7.59. The highest BCUT2D eigenvalue weighted by Crippen LogP contribution is 2.32. The molecule has 0 unspecified atom stereocenters. The molecule has 4 aromatic rings. The van der Waals surface area contributed by atoms with Crippen LogP contribution in [0, 0.1) is 0 Å². The summed E-state index contributed by atoms with van der Waals surface area (Å²) in [5.74, 6) is 1.61. The van der Waals surface area contributed by atoms with Crippen LogP contribution in [-0.2, 0) is 6.61 Å². The van der Waals surface area contributed by atoms with Gasteiger partial charge in [-0.05, 0) is 47.4 Å². The zero-order valence-corrected chi connectivity index (χ0v) is 16.8. The highest BCUT2D eigenvalue weighted by molar-refractivity contribution is 5.87. The van der Waals surface area contributed by atoms with Crippen molar-refractivity contribution in [3.05, 3.63) is 78.2 Å². The monoisotopic (exact) mass is 415 g/mol. The van der Waals surface area contributed by atoms with E-state index in [0.717, 1.165) is 34.1 Å². The van der Waals surface area contributed by atoms with Crippen LogP contribution < -0.4 is 4.74 Å². The van der Waals surface area contributed by atoms with Crippen molar-refractivity contribution in [2.24, 2.45) is 0 Å². The van der Waals surface area contributed by atoms with Gasteiger partial charge in [0.05, 0.1) is 0 Å². The minimum Gasteiger partial charge on any atom is -0.489 e. The lowest BCUT2D eigenvalue weighted by molar-refractivity contribution is 0.131. The van der Waals surface area contributed by atoms with Crippen LogP contribution in [0.5, 0.6) is 5.75 Å². The maximum atomic E-state index is 11.4. The molecule has 7 nitrogen and oxygen atoms in total. The van der Waals surface area contributed by atoms with Gasteiger partial charge in [0.2, 0.25) is 11.7 Å². The predicted molar refractivity (Wildman–Crippen MR) is 115 cm³/mol. The molecule has 0 radical (unpaired) electrons. The van der Waals surface area contributed by atoms with Crippen molar-refractivity contribution in [3.8, 4) is 17.1 Å². The third kappa shape index (κ3) is 3.94. The first-order valence-electron chi connectivity index (χ1n) is 10.2. The second-order valence-corrected chi connectivity index (χ2v) is 7.59. The van der Waals surface area contributed by atoms with E-state index in [1.54, 1.807) is 0 Å². The number of likely N-dealkylation sites (tertiary alicyclic amines) is 1. The van der Waals surface area contributed by atoms with Crippen LogP contribution in [0.4, 0.5) is 4.79 Å². The predicted octanol–water partition coefficient (Wildman–Crippen LogP) is 5.28. The third-order valence-electron chi connectivity index (χ3n) is 5.54. The Bertz CT molecular complexity index is 1220. The first-order valence-corrected chi connectivity index (χ1v) is 10.2. The number of nitrogens with zero attached hydrogens (tertiary/aromatic N) is 3. The molecule has 31 heavy (non-hydrogen) atoms. The maximum Gasteiger partial charge on any atom is 0.407 e. The Labute approximate surface area is 178 Å². The number of fused-ring (bicyclic) bond motifs is 1. The molecule has 2 heterocycles. The smallest absolute Gasteiger partial charge is 0.407 e. The fourth-order valence-electron chi connectivity index (χ4n) is 3.93. The molecular weight excluding hydrogens is 394 g/mol. The largest absolute Gasteiger partial charge is 0.489 e. The highest BCUT2D eigenvalue weighted by Gasteiger charge is 2.34. The Morgan fingerprint density at radius 3 is 2.74 bits per heavy atom. The summed E-state index contributed by atoms with van der Waals surface area (Å²) in [6.07, 6.45) is 0.523. The Hall–Kier alpha value is -3.87. The van der Waals surface area contributed by atoms with Crippen LogP contribution >= 0.6 is 0 Å². The van der Waals surface area contributed by atoms with E-state index in [0.29, 0.717) is 31.3 Å². The average molecular weight is 415 g/mol. The van der Waals surface area contributed by atoms with Gasteiger partial charge in [-0.2, -0.15) is 4.98 Å². The van der Waals surface area contributed by atoms with Crippen LogP contribution in [0.15, 0.2) is 71.3 Å². The van der Waals surface area contributed by atoms with E-state index in [1.807, 2.05) is 66.7 Å². The number of carboxylic acid groups (broad SMARTS) is 1. The zero-order valence-electron chi connectivity index (χ0n) is 16.8. The molecule has 1 saturated heterocycles. The van der Waals surface area contributed by atoms with Gasteiger partial charge in [0.25, 0.3) is 0 Å². The minimum atomic E-state index is -0.960. The molecule has 1 aliphatic rings. The molecule has 0 bridgehead atoms. The van der Waals surface area contributed by atoms with Gasteiger partial charge in [0, 0.05) is 12.1 Å². The number of carbonyl (C=O) groups is 1. The number of ether oxygens (including phenoxy) is 1. The molecule has 1 N–H and O–H groups in total. The molecule has 1 fully saturated rings. The second kappa shape index (κ2) is 8.10. The molecule has 156 valence electrons. The van der Waals surface area contributed by atoms with Gasteiger partial charge in [-0.3, -0.25) is 4.90 Å². The Kier molecular flexibility index (Phi) is 5.00. The van der Waals surface area contributed by atoms with Gasteiger partial charge < -0.3 is 14.4 Å². The van der Waals surface area contributed by atoms with E-state index >= 15 is 0 Å². The third-order valence-corrected chi connectivity index (χ3v) is 5.54. The van der Waals surface area contributed by atoms with Gasteiger partial charge >= 0.3 is 6.09 Å². The van der Waals surface area contributed by atoms with Gasteiger partial charge in [-0.15, -0.1) is 0 Å². The summed E-state index contributed by atoms with van der Waals surface area (Å²) in [5.41, 5.74) is 1.94. The van der Waals surface area contributed by atoms with Crippen molar-refractivity contribution in [2.75, 3.05) is 6.54 Å². The lowest BCUT2D eigenvalue weighted by Gasteiger charge is -2.17. The summed E-state index contributed by atoms with van der Waals surface area (Å²) in [5, 5.41) is 15.5. The lowest BCUT2D eigenvalue weighted by Crippen LogP contribution is -2.28. The fourth-order valence-corrected chi connectivity index (χ4v) is 3.93. The van der Waals surface area contributed by atoms with Crippen LogP contribution in [0.25, 0.3) is 22.2 Å². The van der Waals surface area contributed by atoms with Crippen molar-refractivity contribution in [3.63, 3.8) is 0 Å². The Balaban J connectivity index is 1.34. The van der Waals surface area contributed by atoms with E-state index in [-0.39, 0.29) is 6.04 Å². The summed E-state index contributed by atoms with van der Waals surface area (Å²) in [4.78, 5) is 17.2. The first kappa shape index (κ1) is 19.1. The SMILES string of the molecule is O=C(O)N1CCC[C@H]1c1nc(-c2ccc3cc(OCc4ccccc4)ccc3c2)no1. The summed E-state index contributed by atoms with van der Waals surface area (Å²) in [6, 6.07) is 21.6. The number of amides is 1. The molecule has 1 amide bonds. The molecule has 0 spiro atoms. The van der Waals surface area contributed by atoms with Crippen molar-refractivity contribution >= 4 is 16.9 Å². The van der Waals surface area contributed by atoms with Crippen LogP contribution in [0.3, 0.4) is 0 Å². The average Bonchev–Trinajstić information content (AvgIpc) is 3.47. The number of aromatic nitrogens is 2. The molecule has 1 aliphatic heterocycles. The molecule has 1 aromatic heterocycles. The molecule has 7 heteroatoms. The Morgan fingerprint density at radius 2 is 1.90 bits per heavy atom. The number of hydrogen-bond donors (Lipinski definition) is 1. The van der Waals surface area contributed by atoms with E-state index in [1.165, 1.54) is 4.90 Å². The Morgan fingerprint density at radius 1 is 1.10 bits per heavy atom. The summed E-state index contributed by atoms with van der Waals surface area (Å²) < 4.78 is 11.3. The van der Waals surface area contributed by atoms with Gasteiger partial charge in [0.15, 0.2) is 0 Å². The van der Waals surface area contributed by atoms with Crippen molar-refractivity contribution in [2.45, 2.75) is 25.5 Å². The van der Waals surface area contributed by atoms with E-state index in [9.17, 15) is 9.90 Å². The van der Waals surface area contributed by atoms with Crippen molar-refractivity contribution in [1.82, 2.24) is 15.0 Å². The van der Waals surface area contributed by atoms with E-state index in [2.05, 4.69) is 10.1 Å². The fraction of sp³-hybridized carbons (Fsp3) is 0.208. The van der Waals surface area contributed by atoms with E-state index in [4.69, 9.17) is 9.26 Å². The normalized spacial score (nSPS) is 16.0. The number of benzene rings is 3. The number of rotatable bonds is 5. The minimum absolute atomic E-state index is 0.347. The lowest BCUT2D eigenvalue weighted by atomic mass is 10.1. The van der Waals surface area contributed by atoms with Crippen LogP contribution in [0.1, 0.15) is 30.3 Å². The molecule has 3 aromatic carbocycles.